The van der Waals surface area contributed by atoms with Gasteiger partial charge in [-0.25, -0.2) is 9.97 Å². The van der Waals surface area contributed by atoms with E-state index in [9.17, 15) is 4.79 Å². The van der Waals surface area contributed by atoms with Crippen molar-refractivity contribution in [2.45, 2.75) is 0 Å². The van der Waals surface area contributed by atoms with Gasteiger partial charge in [0, 0.05) is 5.56 Å². The fourth-order valence-electron chi connectivity index (χ4n) is 1.47. The summed E-state index contributed by atoms with van der Waals surface area (Å²) in [7, 11) is 0. The number of hydrogen-bond acceptors (Lipinski definition) is 4. The van der Waals surface area contributed by atoms with Gasteiger partial charge in [0.25, 0.3) is 11.3 Å². The monoisotopic (exact) mass is 213 g/mol. The molecule has 1 aromatic carbocycles. The Hall–Kier alpha value is -2.43. The second-order valence-electron chi connectivity index (χ2n) is 3.27. The van der Waals surface area contributed by atoms with Crippen molar-refractivity contribution in [2.24, 2.45) is 0 Å². The lowest BCUT2D eigenvalue weighted by atomic mass is 10.2. The maximum Gasteiger partial charge on any atom is 0.280 e. The van der Waals surface area contributed by atoms with Gasteiger partial charge < -0.3 is 9.40 Å². The first kappa shape index (κ1) is 8.84. The van der Waals surface area contributed by atoms with Crippen LogP contribution in [-0.2, 0) is 0 Å². The summed E-state index contributed by atoms with van der Waals surface area (Å²) in [5.74, 6) is 0.403. The molecule has 0 fully saturated rings. The normalized spacial score (nSPS) is 10.8. The van der Waals surface area contributed by atoms with E-state index >= 15 is 0 Å². The van der Waals surface area contributed by atoms with E-state index in [4.69, 9.17) is 4.42 Å². The van der Waals surface area contributed by atoms with Gasteiger partial charge in [0.1, 0.15) is 0 Å². The number of benzene rings is 1. The summed E-state index contributed by atoms with van der Waals surface area (Å²) >= 11 is 0. The van der Waals surface area contributed by atoms with Gasteiger partial charge in [0.15, 0.2) is 5.52 Å². The second-order valence-corrected chi connectivity index (χ2v) is 3.27. The summed E-state index contributed by atoms with van der Waals surface area (Å²) in [5.41, 5.74) is 1.000. The van der Waals surface area contributed by atoms with Crippen LogP contribution in [0.1, 0.15) is 0 Å². The van der Waals surface area contributed by atoms with Crippen molar-refractivity contribution in [1.82, 2.24) is 15.0 Å². The third-order valence-electron chi connectivity index (χ3n) is 2.22. The number of fused-ring (bicyclic) bond motifs is 1. The first-order valence-electron chi connectivity index (χ1n) is 4.74. The number of aromatic nitrogens is 3. The Bertz CT molecular complexity index is 685. The molecule has 0 aliphatic carbocycles. The van der Waals surface area contributed by atoms with E-state index < -0.39 is 0 Å². The predicted octanol–water partition coefficient (Wildman–Crippen LogP) is 1.58. The van der Waals surface area contributed by atoms with Gasteiger partial charge >= 0.3 is 0 Å². The van der Waals surface area contributed by atoms with E-state index in [1.165, 1.54) is 6.33 Å². The number of nitrogens with zero attached hydrogens (tertiary/aromatic N) is 2. The number of oxazole rings is 1. The zero-order valence-corrected chi connectivity index (χ0v) is 8.18. The number of hydrogen-bond donors (Lipinski definition) is 1. The van der Waals surface area contributed by atoms with Crippen molar-refractivity contribution in [2.75, 3.05) is 0 Å². The van der Waals surface area contributed by atoms with Crippen molar-refractivity contribution in [1.29, 1.82) is 0 Å². The SMILES string of the molecule is O=c1[nH]cnc2oc(-c3ccccc3)nc12. The fraction of sp³-hybridized carbons (Fsp3) is 0. The van der Waals surface area contributed by atoms with E-state index in [0.29, 0.717) is 5.89 Å². The Labute approximate surface area is 89.8 Å². The van der Waals surface area contributed by atoms with Crippen molar-refractivity contribution in [3.8, 4) is 11.5 Å². The number of H-pyrrole nitrogens is 1. The van der Waals surface area contributed by atoms with E-state index in [2.05, 4.69) is 15.0 Å². The summed E-state index contributed by atoms with van der Waals surface area (Å²) in [5, 5.41) is 0. The van der Waals surface area contributed by atoms with Crippen LogP contribution in [-0.4, -0.2) is 15.0 Å². The van der Waals surface area contributed by atoms with Crippen LogP contribution in [0.5, 0.6) is 0 Å². The summed E-state index contributed by atoms with van der Waals surface area (Å²) < 4.78 is 5.39. The van der Waals surface area contributed by atoms with Gasteiger partial charge in [-0.05, 0) is 12.1 Å². The first-order valence-corrected chi connectivity index (χ1v) is 4.74. The predicted molar refractivity (Wildman–Crippen MR) is 57.9 cm³/mol. The molecule has 0 aliphatic rings. The summed E-state index contributed by atoms with van der Waals surface area (Å²) in [4.78, 5) is 21.9. The maximum atomic E-state index is 11.4. The number of nitrogens with one attached hydrogen (secondary N) is 1. The Balaban J connectivity index is 2.28. The van der Waals surface area contributed by atoms with Crippen LogP contribution < -0.4 is 5.56 Å². The molecule has 0 spiro atoms. The average molecular weight is 213 g/mol. The lowest BCUT2D eigenvalue weighted by molar-refractivity contribution is 0.607. The number of aromatic amines is 1. The molecule has 3 aromatic rings. The maximum absolute atomic E-state index is 11.4. The lowest BCUT2D eigenvalue weighted by Gasteiger charge is -1.91. The van der Waals surface area contributed by atoms with Crippen LogP contribution in [0.15, 0.2) is 45.9 Å². The smallest absolute Gasteiger partial charge is 0.280 e. The van der Waals surface area contributed by atoms with Crippen LogP contribution >= 0.6 is 0 Å². The van der Waals surface area contributed by atoms with Crippen molar-refractivity contribution < 1.29 is 4.42 Å². The van der Waals surface area contributed by atoms with E-state index in [-0.39, 0.29) is 16.8 Å². The third-order valence-corrected chi connectivity index (χ3v) is 2.22. The Kier molecular flexibility index (Phi) is 1.83. The Morgan fingerprint density at radius 2 is 2.00 bits per heavy atom. The first-order chi connectivity index (χ1) is 7.84. The molecule has 3 rings (SSSR count). The zero-order valence-electron chi connectivity index (χ0n) is 8.18. The molecule has 2 aromatic heterocycles. The molecule has 2 heterocycles. The minimum atomic E-state index is -0.295. The van der Waals surface area contributed by atoms with Gasteiger partial charge in [-0.2, -0.15) is 0 Å². The summed E-state index contributed by atoms with van der Waals surface area (Å²) in [6.07, 6.45) is 1.30. The molecule has 0 radical (unpaired) electrons. The highest BCUT2D eigenvalue weighted by Gasteiger charge is 2.10. The molecule has 0 atom stereocenters. The van der Waals surface area contributed by atoms with Crippen molar-refractivity contribution >= 4 is 11.2 Å². The molecule has 0 saturated carbocycles. The summed E-state index contributed by atoms with van der Waals surface area (Å²) in [6, 6.07) is 9.37. The molecule has 0 saturated heterocycles. The Morgan fingerprint density at radius 1 is 1.19 bits per heavy atom. The summed E-state index contributed by atoms with van der Waals surface area (Å²) in [6.45, 7) is 0. The van der Waals surface area contributed by atoms with Gasteiger partial charge in [-0.1, -0.05) is 18.2 Å². The molecule has 0 bridgehead atoms. The van der Waals surface area contributed by atoms with Crippen LogP contribution in [0.3, 0.4) is 0 Å². The van der Waals surface area contributed by atoms with E-state index in [0.717, 1.165) is 5.56 Å². The third kappa shape index (κ3) is 1.30. The lowest BCUT2D eigenvalue weighted by Crippen LogP contribution is -2.05. The van der Waals surface area contributed by atoms with Gasteiger partial charge in [-0.15, -0.1) is 0 Å². The molecule has 5 heteroatoms. The van der Waals surface area contributed by atoms with Crippen molar-refractivity contribution in [3.05, 3.63) is 47.0 Å². The average Bonchev–Trinajstić information content (AvgIpc) is 2.76. The Morgan fingerprint density at radius 3 is 2.75 bits per heavy atom. The highest BCUT2D eigenvalue weighted by molar-refractivity contribution is 5.71. The van der Waals surface area contributed by atoms with E-state index in [1.54, 1.807) is 0 Å². The van der Waals surface area contributed by atoms with Gasteiger partial charge in [0.2, 0.25) is 5.89 Å². The molecule has 16 heavy (non-hydrogen) atoms. The fourth-order valence-corrected chi connectivity index (χ4v) is 1.47. The molecule has 0 amide bonds. The minimum absolute atomic E-state index is 0.223. The molecule has 1 N–H and O–H groups in total. The highest BCUT2D eigenvalue weighted by atomic mass is 16.4. The largest absolute Gasteiger partial charge is 0.417 e. The van der Waals surface area contributed by atoms with Crippen molar-refractivity contribution in [3.63, 3.8) is 0 Å². The van der Waals surface area contributed by atoms with Gasteiger partial charge in [0.05, 0.1) is 6.33 Å². The molecule has 5 nitrogen and oxygen atoms in total. The number of rotatable bonds is 1. The van der Waals surface area contributed by atoms with Gasteiger partial charge in [-0.3, -0.25) is 4.79 Å². The van der Waals surface area contributed by atoms with Crippen LogP contribution in [0.4, 0.5) is 0 Å². The zero-order chi connectivity index (χ0) is 11.0. The molecule has 78 valence electrons. The molecule has 0 unspecified atom stereocenters. The quantitative estimate of drug-likeness (QED) is 0.666. The highest BCUT2D eigenvalue weighted by Crippen LogP contribution is 2.20. The van der Waals surface area contributed by atoms with Crippen LogP contribution in [0.2, 0.25) is 0 Å². The van der Waals surface area contributed by atoms with Crippen LogP contribution in [0, 0.1) is 0 Å². The molecular formula is C11H7N3O2. The standard InChI is InChI=1S/C11H7N3O2/c15-9-8-11(13-6-12-9)16-10(14-8)7-4-2-1-3-5-7/h1-6H,(H,12,13,15). The molecule has 0 aliphatic heterocycles. The minimum Gasteiger partial charge on any atom is -0.417 e. The topological polar surface area (TPSA) is 71.8 Å². The molecular weight excluding hydrogens is 206 g/mol. The van der Waals surface area contributed by atoms with Crippen LogP contribution in [0.25, 0.3) is 22.7 Å². The van der Waals surface area contributed by atoms with E-state index in [1.807, 2.05) is 30.3 Å². The second kappa shape index (κ2) is 3.30.